The SMILES string of the molecule is CC(=O)OCCCCCCNCCCCCCOC(C)=O.O=Cc1ccccc1. The van der Waals surface area contributed by atoms with Crippen LogP contribution in [0.1, 0.15) is 75.6 Å². The van der Waals surface area contributed by atoms with Gasteiger partial charge in [-0.1, -0.05) is 56.0 Å². The number of esters is 2. The van der Waals surface area contributed by atoms with Crippen molar-refractivity contribution < 1.29 is 23.9 Å². The van der Waals surface area contributed by atoms with Gasteiger partial charge in [0.1, 0.15) is 6.29 Å². The number of ether oxygens (including phenoxy) is 2. The van der Waals surface area contributed by atoms with Crippen LogP contribution >= 0.6 is 0 Å². The van der Waals surface area contributed by atoms with Gasteiger partial charge in [-0.25, -0.2) is 0 Å². The summed E-state index contributed by atoms with van der Waals surface area (Å²) in [5, 5.41) is 3.43. The summed E-state index contributed by atoms with van der Waals surface area (Å²) in [6, 6.07) is 9.10. The van der Waals surface area contributed by atoms with Gasteiger partial charge in [0, 0.05) is 19.4 Å². The van der Waals surface area contributed by atoms with E-state index >= 15 is 0 Å². The van der Waals surface area contributed by atoms with Gasteiger partial charge in [-0.3, -0.25) is 14.4 Å². The Hall–Kier alpha value is -2.21. The summed E-state index contributed by atoms with van der Waals surface area (Å²) in [7, 11) is 0. The molecule has 164 valence electrons. The second kappa shape index (κ2) is 20.5. The van der Waals surface area contributed by atoms with E-state index in [2.05, 4.69) is 5.32 Å². The number of aldehydes is 1. The van der Waals surface area contributed by atoms with E-state index in [0.717, 1.165) is 50.6 Å². The highest BCUT2D eigenvalue weighted by Crippen LogP contribution is 2.01. The molecule has 29 heavy (non-hydrogen) atoms. The molecular formula is C23H37NO5. The largest absolute Gasteiger partial charge is 0.466 e. The minimum Gasteiger partial charge on any atom is -0.466 e. The van der Waals surface area contributed by atoms with Crippen LogP contribution in [0.25, 0.3) is 0 Å². The first-order valence-corrected chi connectivity index (χ1v) is 10.5. The fraction of sp³-hybridized carbons (Fsp3) is 0.609. The first kappa shape index (κ1) is 26.8. The highest BCUT2D eigenvalue weighted by molar-refractivity contribution is 5.74. The number of nitrogens with one attached hydrogen (secondary N) is 1. The van der Waals surface area contributed by atoms with Crippen molar-refractivity contribution in [3.05, 3.63) is 35.9 Å². The molecule has 6 heteroatoms. The molecular weight excluding hydrogens is 370 g/mol. The monoisotopic (exact) mass is 407 g/mol. The van der Waals surface area contributed by atoms with E-state index in [-0.39, 0.29) is 11.9 Å². The van der Waals surface area contributed by atoms with Crippen LogP contribution in [0.3, 0.4) is 0 Å². The molecule has 0 unspecified atom stereocenters. The van der Waals surface area contributed by atoms with Gasteiger partial charge in [0.25, 0.3) is 0 Å². The summed E-state index contributed by atoms with van der Waals surface area (Å²) in [6.07, 6.45) is 9.69. The third-order valence-electron chi connectivity index (χ3n) is 4.04. The molecule has 1 N–H and O–H groups in total. The summed E-state index contributed by atoms with van der Waals surface area (Å²) in [5.74, 6) is -0.381. The van der Waals surface area contributed by atoms with Crippen molar-refractivity contribution in [2.45, 2.75) is 65.2 Å². The molecule has 1 aromatic carbocycles. The normalized spacial score (nSPS) is 9.86. The highest BCUT2D eigenvalue weighted by Gasteiger charge is 1.95. The van der Waals surface area contributed by atoms with E-state index < -0.39 is 0 Å². The van der Waals surface area contributed by atoms with Crippen molar-refractivity contribution in [2.24, 2.45) is 0 Å². The second-order valence-electron chi connectivity index (χ2n) is 6.79. The van der Waals surface area contributed by atoms with Gasteiger partial charge in [-0.05, 0) is 38.8 Å². The van der Waals surface area contributed by atoms with Crippen LogP contribution in [-0.2, 0) is 19.1 Å². The molecule has 0 spiro atoms. The first-order valence-electron chi connectivity index (χ1n) is 10.5. The lowest BCUT2D eigenvalue weighted by atomic mass is 10.2. The number of hydrogen-bond donors (Lipinski definition) is 1. The maximum absolute atomic E-state index is 10.5. The van der Waals surface area contributed by atoms with Gasteiger partial charge in [0.05, 0.1) is 13.2 Å². The van der Waals surface area contributed by atoms with Gasteiger partial charge >= 0.3 is 11.9 Å². The topological polar surface area (TPSA) is 81.7 Å². The van der Waals surface area contributed by atoms with Crippen LogP contribution in [0.5, 0.6) is 0 Å². The summed E-state index contributed by atoms with van der Waals surface area (Å²) >= 11 is 0. The third-order valence-corrected chi connectivity index (χ3v) is 4.04. The zero-order valence-electron chi connectivity index (χ0n) is 18.0. The number of carbonyl (C=O) groups is 3. The Morgan fingerprint density at radius 1 is 0.759 bits per heavy atom. The van der Waals surface area contributed by atoms with Crippen molar-refractivity contribution in [3.8, 4) is 0 Å². The smallest absolute Gasteiger partial charge is 0.302 e. The van der Waals surface area contributed by atoms with Gasteiger partial charge in [-0.15, -0.1) is 0 Å². The van der Waals surface area contributed by atoms with Crippen LogP contribution in [-0.4, -0.2) is 44.5 Å². The average Bonchev–Trinajstić information content (AvgIpc) is 2.71. The molecule has 0 saturated heterocycles. The Kier molecular flexibility index (Phi) is 19.0. The fourth-order valence-corrected chi connectivity index (χ4v) is 2.50. The average molecular weight is 408 g/mol. The van der Waals surface area contributed by atoms with E-state index in [1.54, 1.807) is 12.1 Å². The molecule has 1 rings (SSSR count). The molecule has 0 atom stereocenters. The van der Waals surface area contributed by atoms with Crippen molar-refractivity contribution in [3.63, 3.8) is 0 Å². The van der Waals surface area contributed by atoms with Crippen molar-refractivity contribution >= 4 is 18.2 Å². The lowest BCUT2D eigenvalue weighted by Gasteiger charge is -2.05. The summed E-state index contributed by atoms with van der Waals surface area (Å²) in [5.41, 5.74) is 0.729. The van der Waals surface area contributed by atoms with Crippen molar-refractivity contribution in [1.29, 1.82) is 0 Å². The Labute approximate surface area is 175 Å². The third kappa shape index (κ3) is 21.9. The Morgan fingerprint density at radius 2 is 1.21 bits per heavy atom. The molecule has 0 aliphatic heterocycles. The van der Waals surface area contributed by atoms with E-state index in [0.29, 0.717) is 13.2 Å². The molecule has 0 bridgehead atoms. The van der Waals surface area contributed by atoms with Crippen LogP contribution < -0.4 is 5.32 Å². The Balaban J connectivity index is 0.000000807. The second-order valence-corrected chi connectivity index (χ2v) is 6.79. The lowest BCUT2D eigenvalue weighted by molar-refractivity contribution is -0.142. The van der Waals surface area contributed by atoms with Gasteiger partial charge in [-0.2, -0.15) is 0 Å². The quantitative estimate of drug-likeness (QED) is 0.265. The summed E-state index contributed by atoms with van der Waals surface area (Å²) in [6.45, 7) is 6.11. The van der Waals surface area contributed by atoms with Gasteiger partial charge in [0.2, 0.25) is 0 Å². The molecule has 0 fully saturated rings. The molecule has 0 saturated carbocycles. The number of unbranched alkanes of at least 4 members (excludes halogenated alkanes) is 6. The zero-order chi connectivity index (χ0) is 21.6. The molecule has 0 aliphatic rings. The van der Waals surface area contributed by atoms with Crippen molar-refractivity contribution in [2.75, 3.05) is 26.3 Å². The molecule has 0 aliphatic carbocycles. The summed E-state index contributed by atoms with van der Waals surface area (Å²) in [4.78, 5) is 31.1. The van der Waals surface area contributed by atoms with E-state index in [9.17, 15) is 14.4 Å². The first-order chi connectivity index (χ1) is 14.1. The van der Waals surface area contributed by atoms with E-state index in [1.165, 1.54) is 39.5 Å². The number of hydrogen-bond acceptors (Lipinski definition) is 6. The molecule has 0 heterocycles. The van der Waals surface area contributed by atoms with Gasteiger partial charge in [0.15, 0.2) is 0 Å². The fourth-order valence-electron chi connectivity index (χ4n) is 2.50. The number of rotatable bonds is 15. The van der Waals surface area contributed by atoms with Crippen molar-refractivity contribution in [1.82, 2.24) is 5.32 Å². The van der Waals surface area contributed by atoms with Crippen LogP contribution in [0.2, 0.25) is 0 Å². The molecule has 0 radical (unpaired) electrons. The van der Waals surface area contributed by atoms with E-state index in [4.69, 9.17) is 9.47 Å². The maximum atomic E-state index is 10.5. The Bertz CT molecular complexity index is 507. The van der Waals surface area contributed by atoms with E-state index in [1.807, 2.05) is 18.2 Å². The van der Waals surface area contributed by atoms with Gasteiger partial charge < -0.3 is 14.8 Å². The van der Waals surface area contributed by atoms with Crippen LogP contribution in [0.4, 0.5) is 0 Å². The molecule has 0 amide bonds. The maximum Gasteiger partial charge on any atom is 0.302 e. The lowest BCUT2D eigenvalue weighted by Crippen LogP contribution is -2.16. The minimum absolute atomic E-state index is 0.190. The number of carbonyl (C=O) groups excluding carboxylic acids is 3. The van der Waals surface area contributed by atoms with Crippen LogP contribution in [0.15, 0.2) is 30.3 Å². The molecule has 0 aromatic heterocycles. The molecule has 6 nitrogen and oxygen atoms in total. The predicted octanol–water partition coefficient (Wildman–Crippen LogP) is 4.32. The minimum atomic E-state index is -0.190. The highest BCUT2D eigenvalue weighted by atomic mass is 16.5. The summed E-state index contributed by atoms with van der Waals surface area (Å²) < 4.78 is 9.75. The molecule has 1 aromatic rings. The predicted molar refractivity (Wildman–Crippen MR) is 115 cm³/mol. The zero-order valence-corrected chi connectivity index (χ0v) is 18.0. The Morgan fingerprint density at radius 3 is 1.59 bits per heavy atom. The number of benzene rings is 1. The van der Waals surface area contributed by atoms with Crippen LogP contribution in [0, 0.1) is 0 Å². The standard InChI is InChI=1S/C16H31NO4.C7H6O/c1-15(18)20-13-9-5-3-7-11-17-12-8-4-6-10-14-21-16(2)19;8-6-7-4-2-1-3-5-7/h17H,3-14H2,1-2H3;1-6H.